The van der Waals surface area contributed by atoms with Crippen molar-refractivity contribution in [2.75, 3.05) is 0 Å². The van der Waals surface area contributed by atoms with Crippen molar-refractivity contribution in [1.29, 1.82) is 10.5 Å². The topological polar surface area (TPSA) is 47.6 Å². The lowest BCUT2D eigenvalue weighted by molar-refractivity contribution is 0.113. The van der Waals surface area contributed by atoms with Gasteiger partial charge in [0.25, 0.3) is 0 Å². The van der Waals surface area contributed by atoms with Crippen LogP contribution < -0.4 is 0 Å². The molecule has 2 nitrogen and oxygen atoms in total. The van der Waals surface area contributed by atoms with Gasteiger partial charge in [0.05, 0.1) is 12.1 Å². The maximum absolute atomic E-state index is 14.8. The molecular formula is C22H35FN2. The smallest absolute Gasteiger partial charge is 0.103 e. The number of nitriles is 2. The summed E-state index contributed by atoms with van der Waals surface area (Å²) in [6.45, 7) is 0. The van der Waals surface area contributed by atoms with Crippen LogP contribution in [0.1, 0.15) is 96.3 Å². The zero-order chi connectivity index (χ0) is 17.9. The highest BCUT2D eigenvalue weighted by Gasteiger charge is 2.30. The SMILES string of the molecule is N#CCCCC1CCC(CC(F)C2CCC(CCCC#N)CC2)CC1. The molecule has 2 aliphatic rings. The van der Waals surface area contributed by atoms with E-state index in [1.54, 1.807) is 0 Å². The summed E-state index contributed by atoms with van der Waals surface area (Å²) in [4.78, 5) is 0. The normalized spacial score (nSPS) is 31.0. The van der Waals surface area contributed by atoms with Crippen LogP contribution in [0.15, 0.2) is 0 Å². The van der Waals surface area contributed by atoms with Gasteiger partial charge >= 0.3 is 0 Å². The predicted octanol–water partition coefficient (Wildman–Crippen LogP) is 6.72. The predicted molar refractivity (Wildman–Crippen MR) is 99.3 cm³/mol. The molecule has 1 unspecified atom stereocenters. The zero-order valence-corrected chi connectivity index (χ0v) is 15.8. The fourth-order valence-corrected chi connectivity index (χ4v) is 5.04. The third kappa shape index (κ3) is 7.35. The van der Waals surface area contributed by atoms with E-state index in [1.807, 2.05) is 0 Å². The first-order valence-electron chi connectivity index (χ1n) is 10.6. The summed E-state index contributed by atoms with van der Waals surface area (Å²) in [5.74, 6) is 2.41. The quantitative estimate of drug-likeness (QED) is 0.435. The van der Waals surface area contributed by atoms with Crippen molar-refractivity contribution in [2.24, 2.45) is 23.7 Å². The number of hydrogen-bond acceptors (Lipinski definition) is 2. The van der Waals surface area contributed by atoms with Crippen molar-refractivity contribution in [3.05, 3.63) is 0 Å². The van der Waals surface area contributed by atoms with E-state index >= 15 is 0 Å². The fraction of sp³-hybridized carbons (Fsp3) is 0.909. The van der Waals surface area contributed by atoms with Crippen LogP contribution in [0.3, 0.4) is 0 Å². The van der Waals surface area contributed by atoms with Gasteiger partial charge in [0.2, 0.25) is 0 Å². The van der Waals surface area contributed by atoms with Crippen LogP contribution in [0, 0.1) is 46.3 Å². The number of alkyl halides is 1. The molecule has 25 heavy (non-hydrogen) atoms. The summed E-state index contributed by atoms with van der Waals surface area (Å²) < 4.78 is 14.8. The van der Waals surface area contributed by atoms with Gasteiger partial charge in [-0.2, -0.15) is 10.5 Å². The summed E-state index contributed by atoms with van der Waals surface area (Å²) in [6.07, 6.45) is 15.3. The molecule has 2 saturated carbocycles. The summed E-state index contributed by atoms with van der Waals surface area (Å²) in [5, 5.41) is 17.3. The molecule has 2 aliphatic carbocycles. The number of rotatable bonds is 9. The van der Waals surface area contributed by atoms with Crippen molar-refractivity contribution in [3.8, 4) is 12.1 Å². The van der Waals surface area contributed by atoms with Crippen LogP contribution in [-0.4, -0.2) is 6.17 Å². The highest BCUT2D eigenvalue weighted by atomic mass is 19.1. The molecule has 0 spiro atoms. The third-order valence-corrected chi connectivity index (χ3v) is 6.73. The second kappa shape index (κ2) is 11.5. The maximum atomic E-state index is 14.8. The van der Waals surface area contributed by atoms with Gasteiger partial charge in [-0.3, -0.25) is 0 Å². The van der Waals surface area contributed by atoms with E-state index < -0.39 is 6.17 Å². The first-order valence-corrected chi connectivity index (χ1v) is 10.6. The molecule has 0 saturated heterocycles. The Morgan fingerprint density at radius 2 is 1.16 bits per heavy atom. The Morgan fingerprint density at radius 3 is 1.64 bits per heavy atom. The minimum absolute atomic E-state index is 0.292. The number of nitrogens with zero attached hydrogens (tertiary/aromatic N) is 2. The van der Waals surface area contributed by atoms with Crippen molar-refractivity contribution in [2.45, 2.75) is 102 Å². The molecule has 0 bridgehead atoms. The molecule has 0 heterocycles. The Balaban J connectivity index is 1.59. The average molecular weight is 347 g/mol. The van der Waals surface area contributed by atoms with Crippen LogP contribution in [0.4, 0.5) is 4.39 Å². The average Bonchev–Trinajstić information content (AvgIpc) is 2.64. The second-order valence-corrected chi connectivity index (χ2v) is 8.52. The van der Waals surface area contributed by atoms with Gasteiger partial charge < -0.3 is 0 Å². The summed E-state index contributed by atoms with van der Waals surface area (Å²) in [5.41, 5.74) is 0. The van der Waals surface area contributed by atoms with Crippen LogP contribution in [-0.2, 0) is 0 Å². The number of unbranched alkanes of at least 4 members (excludes halogenated alkanes) is 2. The van der Waals surface area contributed by atoms with Crippen LogP contribution in [0.2, 0.25) is 0 Å². The molecule has 2 fully saturated rings. The third-order valence-electron chi connectivity index (χ3n) is 6.73. The van der Waals surface area contributed by atoms with Gasteiger partial charge in [-0.05, 0) is 68.6 Å². The Labute approximate surface area is 153 Å². The first-order chi connectivity index (χ1) is 12.2. The lowest BCUT2D eigenvalue weighted by Crippen LogP contribution is -2.26. The van der Waals surface area contributed by atoms with E-state index in [-0.39, 0.29) is 0 Å². The largest absolute Gasteiger partial charge is 0.247 e. The molecule has 2 rings (SSSR count). The highest BCUT2D eigenvalue weighted by Crippen LogP contribution is 2.39. The lowest BCUT2D eigenvalue weighted by atomic mass is 9.73. The van der Waals surface area contributed by atoms with Crippen molar-refractivity contribution >= 4 is 0 Å². The lowest BCUT2D eigenvalue weighted by Gasteiger charge is -2.34. The van der Waals surface area contributed by atoms with Gasteiger partial charge in [0, 0.05) is 12.8 Å². The minimum atomic E-state index is -0.597. The van der Waals surface area contributed by atoms with Crippen LogP contribution >= 0.6 is 0 Å². The molecule has 140 valence electrons. The van der Waals surface area contributed by atoms with Gasteiger partial charge in [-0.25, -0.2) is 4.39 Å². The minimum Gasteiger partial charge on any atom is -0.247 e. The van der Waals surface area contributed by atoms with Crippen molar-refractivity contribution in [1.82, 2.24) is 0 Å². The highest BCUT2D eigenvalue weighted by molar-refractivity contribution is 4.82. The van der Waals surface area contributed by atoms with Gasteiger partial charge in [0.1, 0.15) is 6.17 Å². The standard InChI is InChI=1S/C22H35FN2/c23-22(21-13-11-19(12-14-21)6-2-4-16-25)17-20-9-7-18(8-10-20)5-1-3-15-24/h18-22H,1-14,17H2. The van der Waals surface area contributed by atoms with E-state index in [1.165, 1.54) is 44.9 Å². The molecular weight excluding hydrogens is 311 g/mol. The van der Waals surface area contributed by atoms with E-state index in [9.17, 15) is 4.39 Å². The Morgan fingerprint density at radius 1 is 0.720 bits per heavy atom. The van der Waals surface area contributed by atoms with E-state index in [4.69, 9.17) is 10.5 Å². The monoisotopic (exact) mass is 346 g/mol. The molecule has 0 aromatic heterocycles. The summed E-state index contributed by atoms with van der Waals surface area (Å²) in [6, 6.07) is 4.45. The van der Waals surface area contributed by atoms with Gasteiger partial charge in [-0.15, -0.1) is 0 Å². The molecule has 0 aliphatic heterocycles. The van der Waals surface area contributed by atoms with Gasteiger partial charge in [0.15, 0.2) is 0 Å². The molecule has 0 N–H and O–H groups in total. The Bertz CT molecular complexity index is 434. The van der Waals surface area contributed by atoms with E-state index in [0.717, 1.165) is 50.4 Å². The summed E-state index contributed by atoms with van der Waals surface area (Å²) in [7, 11) is 0. The van der Waals surface area contributed by atoms with Crippen LogP contribution in [0.25, 0.3) is 0 Å². The Kier molecular flexibility index (Phi) is 9.31. The van der Waals surface area contributed by atoms with Crippen molar-refractivity contribution < 1.29 is 4.39 Å². The van der Waals surface area contributed by atoms with E-state index in [0.29, 0.717) is 24.7 Å². The number of hydrogen-bond donors (Lipinski definition) is 0. The summed E-state index contributed by atoms with van der Waals surface area (Å²) >= 11 is 0. The molecule has 1 atom stereocenters. The van der Waals surface area contributed by atoms with E-state index in [2.05, 4.69) is 12.1 Å². The number of halogens is 1. The molecule has 0 radical (unpaired) electrons. The molecule has 0 aromatic rings. The Hall–Kier alpha value is -1.09. The molecule has 0 amide bonds. The van der Waals surface area contributed by atoms with Crippen molar-refractivity contribution in [3.63, 3.8) is 0 Å². The zero-order valence-electron chi connectivity index (χ0n) is 15.8. The molecule has 0 aromatic carbocycles. The maximum Gasteiger partial charge on any atom is 0.103 e. The van der Waals surface area contributed by atoms with Gasteiger partial charge in [-0.1, -0.05) is 38.5 Å². The second-order valence-electron chi connectivity index (χ2n) is 8.52. The molecule has 3 heteroatoms. The first kappa shape index (κ1) is 20.2. The fourth-order valence-electron chi connectivity index (χ4n) is 5.04. The van der Waals surface area contributed by atoms with Crippen LogP contribution in [0.5, 0.6) is 0 Å².